The molecule has 4 heteroatoms. The van der Waals surface area contributed by atoms with E-state index in [1.54, 1.807) is 6.66 Å². The summed E-state index contributed by atoms with van der Waals surface area (Å²) in [6.45, 7) is 4.13. The van der Waals surface area contributed by atoms with Gasteiger partial charge >= 0.3 is 13.8 Å². The second kappa shape index (κ2) is 13.0. The molecule has 0 bridgehead atoms. The Morgan fingerprint density at radius 3 is 1.94 bits per heavy atom. The minimum atomic E-state index is -0.936. The first-order valence-corrected chi connectivity index (χ1v) is 9.10. The first-order chi connectivity index (χ1) is 8.66. The van der Waals surface area contributed by atoms with Crippen LogP contribution < -0.4 is 0 Å². The number of rotatable bonds is 12. The highest BCUT2D eigenvalue weighted by Gasteiger charge is 2.03. The van der Waals surface area contributed by atoms with Gasteiger partial charge in [0, 0.05) is 6.42 Å². The summed E-state index contributed by atoms with van der Waals surface area (Å²) in [6, 6.07) is 0. The summed E-state index contributed by atoms with van der Waals surface area (Å²) in [4.78, 5) is 11.1. The summed E-state index contributed by atoms with van der Waals surface area (Å²) in [7, 11) is -0.936. The van der Waals surface area contributed by atoms with Crippen LogP contribution in [-0.4, -0.2) is 25.4 Å². The Morgan fingerprint density at radius 1 is 0.944 bits per heavy atom. The molecule has 0 aliphatic carbocycles. The van der Waals surface area contributed by atoms with E-state index < -0.39 is 7.80 Å². The molecule has 18 heavy (non-hydrogen) atoms. The molecule has 0 heterocycles. The second-order valence-electron chi connectivity index (χ2n) is 4.73. The third-order valence-electron chi connectivity index (χ3n) is 2.91. The SMILES string of the molecule is CCOC(=O)CCCCCCCCCC[P+](C)=O. The smallest absolute Gasteiger partial charge is 0.335 e. The second-order valence-corrected chi connectivity index (χ2v) is 6.44. The van der Waals surface area contributed by atoms with Gasteiger partial charge < -0.3 is 4.74 Å². The van der Waals surface area contributed by atoms with Crippen molar-refractivity contribution in [3.8, 4) is 0 Å². The zero-order valence-electron chi connectivity index (χ0n) is 12.0. The van der Waals surface area contributed by atoms with Gasteiger partial charge in [-0.05, 0) is 26.2 Å². The Labute approximate surface area is 112 Å². The topological polar surface area (TPSA) is 43.4 Å². The van der Waals surface area contributed by atoms with Crippen molar-refractivity contribution in [3.63, 3.8) is 0 Å². The van der Waals surface area contributed by atoms with Gasteiger partial charge in [0.2, 0.25) is 0 Å². The van der Waals surface area contributed by atoms with Gasteiger partial charge in [-0.1, -0.05) is 36.7 Å². The van der Waals surface area contributed by atoms with Gasteiger partial charge in [-0.15, -0.1) is 0 Å². The summed E-state index contributed by atoms with van der Waals surface area (Å²) in [5, 5.41) is 0. The van der Waals surface area contributed by atoms with Gasteiger partial charge in [0.15, 0.2) is 0 Å². The molecule has 0 aromatic rings. The van der Waals surface area contributed by atoms with Crippen molar-refractivity contribution in [2.45, 2.75) is 64.7 Å². The van der Waals surface area contributed by atoms with E-state index in [-0.39, 0.29) is 5.97 Å². The molecular weight excluding hydrogens is 247 g/mol. The van der Waals surface area contributed by atoms with Gasteiger partial charge in [0.1, 0.15) is 12.8 Å². The molecule has 1 unspecified atom stereocenters. The van der Waals surface area contributed by atoms with Gasteiger partial charge in [-0.2, -0.15) is 0 Å². The van der Waals surface area contributed by atoms with Crippen LogP contribution in [0, 0.1) is 0 Å². The molecule has 0 rings (SSSR count). The van der Waals surface area contributed by atoms with E-state index in [0.717, 1.165) is 25.4 Å². The number of hydrogen-bond acceptors (Lipinski definition) is 3. The van der Waals surface area contributed by atoms with Crippen LogP contribution in [0.5, 0.6) is 0 Å². The third kappa shape index (κ3) is 13.6. The Balaban J connectivity index is 3.07. The number of ether oxygens (including phenoxy) is 1. The molecule has 3 nitrogen and oxygen atoms in total. The monoisotopic (exact) mass is 275 g/mol. The fourth-order valence-corrected chi connectivity index (χ4v) is 2.57. The lowest BCUT2D eigenvalue weighted by Crippen LogP contribution is -2.03. The van der Waals surface area contributed by atoms with Crippen molar-refractivity contribution in [2.75, 3.05) is 19.4 Å². The molecule has 0 fully saturated rings. The molecule has 0 radical (unpaired) electrons. The van der Waals surface area contributed by atoms with Crippen LogP contribution in [0.4, 0.5) is 0 Å². The van der Waals surface area contributed by atoms with E-state index in [0.29, 0.717) is 13.0 Å². The summed E-state index contributed by atoms with van der Waals surface area (Å²) in [5.41, 5.74) is 0. The van der Waals surface area contributed by atoms with Crippen LogP contribution in [0.1, 0.15) is 64.7 Å². The lowest BCUT2D eigenvalue weighted by molar-refractivity contribution is -0.143. The third-order valence-corrected chi connectivity index (χ3v) is 3.86. The van der Waals surface area contributed by atoms with Crippen LogP contribution in [-0.2, 0) is 14.1 Å². The maximum Gasteiger partial charge on any atom is 0.335 e. The number of carbonyl (C=O) groups is 1. The fraction of sp³-hybridized carbons (Fsp3) is 0.929. The van der Waals surface area contributed by atoms with Gasteiger partial charge in [0.05, 0.1) is 6.61 Å². The Hall–Kier alpha value is -0.430. The molecule has 0 spiro atoms. The van der Waals surface area contributed by atoms with Gasteiger partial charge in [-0.3, -0.25) is 4.79 Å². The van der Waals surface area contributed by atoms with Crippen LogP contribution in [0.2, 0.25) is 0 Å². The van der Waals surface area contributed by atoms with E-state index in [2.05, 4.69) is 0 Å². The van der Waals surface area contributed by atoms with E-state index in [4.69, 9.17) is 4.74 Å². The molecular formula is C14H28O3P+. The Morgan fingerprint density at radius 2 is 1.44 bits per heavy atom. The minimum absolute atomic E-state index is 0.0637. The molecule has 0 aromatic carbocycles. The molecule has 0 saturated heterocycles. The average molecular weight is 275 g/mol. The molecule has 0 amide bonds. The highest BCUT2D eigenvalue weighted by atomic mass is 31.1. The predicted octanol–water partition coefficient (Wildman–Crippen LogP) is 4.52. The van der Waals surface area contributed by atoms with Crippen LogP contribution in [0.25, 0.3) is 0 Å². The van der Waals surface area contributed by atoms with Crippen molar-refractivity contribution in [2.24, 2.45) is 0 Å². The maximum absolute atomic E-state index is 11.1. The van der Waals surface area contributed by atoms with Gasteiger partial charge in [-0.25, -0.2) is 0 Å². The van der Waals surface area contributed by atoms with Crippen LogP contribution in [0.15, 0.2) is 0 Å². The minimum Gasteiger partial charge on any atom is -0.466 e. The fourth-order valence-electron chi connectivity index (χ4n) is 1.90. The zero-order chi connectivity index (χ0) is 13.6. The highest BCUT2D eigenvalue weighted by molar-refractivity contribution is 7.43. The van der Waals surface area contributed by atoms with E-state index in [1.807, 2.05) is 6.92 Å². The number of carbonyl (C=O) groups excluding carboxylic acids is 1. The average Bonchev–Trinajstić information content (AvgIpc) is 2.31. The predicted molar refractivity (Wildman–Crippen MR) is 76.6 cm³/mol. The molecule has 106 valence electrons. The van der Waals surface area contributed by atoms with Crippen molar-refractivity contribution < 1.29 is 14.1 Å². The van der Waals surface area contributed by atoms with Crippen molar-refractivity contribution in [1.29, 1.82) is 0 Å². The summed E-state index contributed by atoms with van der Waals surface area (Å²) >= 11 is 0. The number of hydrogen-bond donors (Lipinski definition) is 0. The normalized spacial score (nSPS) is 11.3. The van der Waals surface area contributed by atoms with Crippen LogP contribution in [0.3, 0.4) is 0 Å². The summed E-state index contributed by atoms with van der Waals surface area (Å²) < 4.78 is 15.7. The Kier molecular flexibility index (Phi) is 12.7. The largest absolute Gasteiger partial charge is 0.466 e. The van der Waals surface area contributed by atoms with Crippen molar-refractivity contribution in [3.05, 3.63) is 0 Å². The quantitative estimate of drug-likeness (QED) is 0.299. The molecule has 0 saturated carbocycles. The van der Waals surface area contributed by atoms with E-state index in [9.17, 15) is 9.36 Å². The summed E-state index contributed by atoms with van der Waals surface area (Å²) in [5.74, 6) is -0.0637. The number of esters is 1. The van der Waals surface area contributed by atoms with Gasteiger partial charge in [0.25, 0.3) is 0 Å². The molecule has 0 aliphatic rings. The first-order valence-electron chi connectivity index (χ1n) is 7.20. The standard InChI is InChI=1S/C14H28O3P/c1-3-17-14(15)12-10-8-6-4-5-7-9-11-13-18(2)16/h3-13H2,1-2H3/q+1. The highest BCUT2D eigenvalue weighted by Crippen LogP contribution is 2.17. The molecule has 0 aliphatic heterocycles. The van der Waals surface area contributed by atoms with Crippen LogP contribution >= 0.6 is 7.80 Å². The molecule has 1 atom stereocenters. The molecule has 0 aromatic heterocycles. The maximum atomic E-state index is 11.1. The lowest BCUT2D eigenvalue weighted by atomic mass is 10.1. The van der Waals surface area contributed by atoms with E-state index >= 15 is 0 Å². The zero-order valence-corrected chi connectivity index (χ0v) is 12.8. The molecule has 0 N–H and O–H groups in total. The van der Waals surface area contributed by atoms with Crippen molar-refractivity contribution >= 4 is 13.8 Å². The van der Waals surface area contributed by atoms with Crippen molar-refractivity contribution in [1.82, 2.24) is 0 Å². The summed E-state index contributed by atoms with van der Waals surface area (Å²) in [6.07, 6.45) is 10.8. The Bertz CT molecular complexity index is 229. The lowest BCUT2D eigenvalue weighted by Gasteiger charge is -2.02. The van der Waals surface area contributed by atoms with E-state index in [1.165, 1.54) is 32.1 Å². The number of unbranched alkanes of at least 4 members (excludes halogenated alkanes) is 7. The first kappa shape index (κ1) is 17.6.